The summed E-state index contributed by atoms with van der Waals surface area (Å²) in [5.74, 6) is -9.88. The van der Waals surface area contributed by atoms with E-state index in [0.717, 1.165) is 6.21 Å². The maximum atomic E-state index is 13.4. The maximum Gasteiger partial charge on any atom is 0.200 e. The van der Waals surface area contributed by atoms with E-state index in [-0.39, 0.29) is 0 Å². The molecule has 0 spiro atoms. The maximum absolute atomic E-state index is 13.4. The van der Waals surface area contributed by atoms with Crippen molar-refractivity contribution in [1.29, 1.82) is 0 Å². The second-order valence-corrected chi connectivity index (χ2v) is 4.06. The first-order valence-corrected chi connectivity index (χ1v) is 5.91. The van der Waals surface area contributed by atoms with Gasteiger partial charge in [-0.2, -0.15) is 5.10 Å². The van der Waals surface area contributed by atoms with Gasteiger partial charge in [0.15, 0.2) is 23.3 Å². The van der Waals surface area contributed by atoms with Crippen LogP contribution >= 0.6 is 0 Å². The van der Waals surface area contributed by atoms with Crippen molar-refractivity contribution >= 4 is 11.9 Å². The van der Waals surface area contributed by atoms with E-state index in [0.29, 0.717) is 11.3 Å². The number of hydrogen-bond donors (Lipinski definition) is 1. The largest absolute Gasteiger partial charge is 0.496 e. The van der Waals surface area contributed by atoms with Crippen LogP contribution < -0.4 is 10.2 Å². The normalized spacial score (nSPS) is 11.0. The number of nitrogens with zero attached hydrogens (tertiary/aromatic N) is 1. The quantitative estimate of drug-likeness (QED) is 0.306. The fraction of sp³-hybridized carbons (Fsp3) is 0.0714. The summed E-state index contributed by atoms with van der Waals surface area (Å²) in [5.41, 5.74) is 1.02. The highest BCUT2D eigenvalue weighted by Crippen LogP contribution is 2.27. The standard InChI is InChI=1S/C14H9F5N2O/c1-22-8-5-3-2-4-7(8)6-20-21-14-12(18)10(16)9(15)11(17)13(14)19/h2-6,21H,1H3/b20-6+. The number of hydrazone groups is 1. The SMILES string of the molecule is COc1ccccc1/C=N/Nc1c(F)c(F)c(F)c(F)c1F. The third kappa shape index (κ3) is 2.85. The predicted molar refractivity (Wildman–Crippen MR) is 70.4 cm³/mol. The molecule has 2 rings (SSSR count). The highest BCUT2D eigenvalue weighted by molar-refractivity contribution is 5.84. The molecule has 0 fully saturated rings. The Balaban J connectivity index is 2.31. The molecule has 8 heteroatoms. The van der Waals surface area contributed by atoms with Gasteiger partial charge in [0, 0.05) is 5.56 Å². The molecule has 0 aliphatic carbocycles. The molecule has 2 aromatic rings. The van der Waals surface area contributed by atoms with E-state index in [1.807, 2.05) is 5.43 Å². The molecule has 22 heavy (non-hydrogen) atoms. The van der Waals surface area contributed by atoms with E-state index in [2.05, 4.69) is 5.10 Å². The summed E-state index contributed by atoms with van der Waals surface area (Å²) in [5, 5.41) is 3.46. The van der Waals surface area contributed by atoms with Gasteiger partial charge in [0.25, 0.3) is 0 Å². The highest BCUT2D eigenvalue weighted by atomic mass is 19.2. The molecule has 3 nitrogen and oxygen atoms in total. The number of halogens is 5. The van der Waals surface area contributed by atoms with Crippen LogP contribution in [-0.4, -0.2) is 13.3 Å². The first-order valence-electron chi connectivity index (χ1n) is 5.91. The molecular weight excluding hydrogens is 307 g/mol. The van der Waals surface area contributed by atoms with Crippen LogP contribution in [0.4, 0.5) is 27.6 Å². The van der Waals surface area contributed by atoms with E-state index in [4.69, 9.17) is 4.74 Å². The first kappa shape index (κ1) is 15.7. The molecule has 0 unspecified atom stereocenters. The van der Waals surface area contributed by atoms with Gasteiger partial charge in [0.1, 0.15) is 11.4 Å². The van der Waals surface area contributed by atoms with Crippen molar-refractivity contribution in [3.05, 3.63) is 58.9 Å². The topological polar surface area (TPSA) is 33.6 Å². The Morgan fingerprint density at radius 2 is 1.45 bits per heavy atom. The second kappa shape index (κ2) is 6.42. The van der Waals surface area contributed by atoms with Gasteiger partial charge in [-0.1, -0.05) is 12.1 Å². The summed E-state index contributed by atoms with van der Waals surface area (Å²) < 4.78 is 70.7. The Morgan fingerprint density at radius 1 is 0.909 bits per heavy atom. The average Bonchev–Trinajstić information content (AvgIpc) is 2.54. The molecule has 2 aromatic carbocycles. The minimum Gasteiger partial charge on any atom is -0.496 e. The zero-order chi connectivity index (χ0) is 16.3. The zero-order valence-electron chi connectivity index (χ0n) is 11.1. The summed E-state index contributed by atoms with van der Waals surface area (Å²) in [6, 6.07) is 6.54. The summed E-state index contributed by atoms with van der Waals surface area (Å²) in [4.78, 5) is 0. The lowest BCUT2D eigenvalue weighted by atomic mass is 10.2. The van der Waals surface area contributed by atoms with Crippen LogP contribution in [0.25, 0.3) is 0 Å². The van der Waals surface area contributed by atoms with Crippen LogP contribution in [0, 0.1) is 29.1 Å². The van der Waals surface area contributed by atoms with Crippen molar-refractivity contribution in [3.63, 3.8) is 0 Å². The van der Waals surface area contributed by atoms with Crippen LogP contribution in [-0.2, 0) is 0 Å². The van der Waals surface area contributed by atoms with Gasteiger partial charge in [0.2, 0.25) is 5.82 Å². The van der Waals surface area contributed by atoms with Crippen molar-refractivity contribution in [3.8, 4) is 5.75 Å². The highest BCUT2D eigenvalue weighted by Gasteiger charge is 2.25. The van der Waals surface area contributed by atoms with Crippen molar-refractivity contribution in [2.24, 2.45) is 5.10 Å². The van der Waals surface area contributed by atoms with Crippen LogP contribution in [0.15, 0.2) is 29.4 Å². The number of nitrogens with one attached hydrogen (secondary N) is 1. The average molecular weight is 316 g/mol. The van der Waals surface area contributed by atoms with Crippen molar-refractivity contribution in [2.75, 3.05) is 12.5 Å². The second-order valence-electron chi connectivity index (χ2n) is 4.06. The van der Waals surface area contributed by atoms with Gasteiger partial charge in [-0.25, -0.2) is 22.0 Å². The summed E-state index contributed by atoms with van der Waals surface area (Å²) in [6.07, 6.45) is 1.12. The fourth-order valence-electron chi connectivity index (χ4n) is 1.64. The minimum atomic E-state index is -2.23. The lowest BCUT2D eigenvalue weighted by Crippen LogP contribution is -2.06. The van der Waals surface area contributed by atoms with Crippen LogP contribution in [0.1, 0.15) is 5.56 Å². The van der Waals surface area contributed by atoms with E-state index in [9.17, 15) is 22.0 Å². The fourth-order valence-corrected chi connectivity index (χ4v) is 1.64. The third-order valence-corrected chi connectivity index (χ3v) is 2.73. The Morgan fingerprint density at radius 3 is 2.05 bits per heavy atom. The van der Waals surface area contributed by atoms with E-state index in [1.165, 1.54) is 7.11 Å². The number of ether oxygens (including phenoxy) is 1. The Kier molecular flexibility index (Phi) is 4.59. The van der Waals surface area contributed by atoms with E-state index >= 15 is 0 Å². The van der Waals surface area contributed by atoms with E-state index < -0.39 is 34.8 Å². The Labute approximate surface area is 122 Å². The number of rotatable bonds is 4. The van der Waals surface area contributed by atoms with Crippen LogP contribution in [0.5, 0.6) is 5.75 Å². The molecule has 0 aliphatic heterocycles. The minimum absolute atomic E-state index is 0.422. The lowest BCUT2D eigenvalue weighted by molar-refractivity contribution is 0.381. The third-order valence-electron chi connectivity index (χ3n) is 2.73. The molecule has 0 atom stereocenters. The van der Waals surface area contributed by atoms with Crippen molar-refractivity contribution < 1.29 is 26.7 Å². The molecule has 1 N–H and O–H groups in total. The number of anilines is 1. The molecule has 0 saturated heterocycles. The molecule has 116 valence electrons. The van der Waals surface area contributed by atoms with E-state index in [1.54, 1.807) is 24.3 Å². The van der Waals surface area contributed by atoms with Crippen molar-refractivity contribution in [2.45, 2.75) is 0 Å². The van der Waals surface area contributed by atoms with Gasteiger partial charge in [0.05, 0.1) is 13.3 Å². The first-order chi connectivity index (χ1) is 10.5. The summed E-state index contributed by atoms with van der Waals surface area (Å²) in [7, 11) is 1.41. The molecule has 0 amide bonds. The molecule has 0 saturated carbocycles. The van der Waals surface area contributed by atoms with Gasteiger partial charge in [-0.15, -0.1) is 0 Å². The van der Waals surface area contributed by atoms with Gasteiger partial charge in [-0.3, -0.25) is 5.43 Å². The summed E-state index contributed by atoms with van der Waals surface area (Å²) >= 11 is 0. The number of para-hydroxylation sites is 1. The Hall–Kier alpha value is -2.64. The van der Waals surface area contributed by atoms with Gasteiger partial charge in [-0.05, 0) is 12.1 Å². The monoisotopic (exact) mass is 316 g/mol. The van der Waals surface area contributed by atoms with Crippen LogP contribution in [0.3, 0.4) is 0 Å². The number of benzene rings is 2. The van der Waals surface area contributed by atoms with Crippen LogP contribution in [0.2, 0.25) is 0 Å². The lowest BCUT2D eigenvalue weighted by Gasteiger charge is -2.07. The Bertz CT molecular complexity index is 704. The predicted octanol–water partition coefficient (Wildman–Crippen LogP) is 3.84. The van der Waals surface area contributed by atoms with Gasteiger partial charge < -0.3 is 4.74 Å². The molecular formula is C14H9F5N2O. The molecule has 0 heterocycles. The number of methoxy groups -OCH3 is 1. The summed E-state index contributed by atoms with van der Waals surface area (Å²) in [6.45, 7) is 0. The molecule has 0 aromatic heterocycles. The smallest absolute Gasteiger partial charge is 0.200 e. The zero-order valence-corrected chi connectivity index (χ0v) is 11.1. The molecule has 0 aliphatic rings. The molecule has 0 radical (unpaired) electrons. The molecule has 0 bridgehead atoms. The number of hydrogen-bond acceptors (Lipinski definition) is 3. The van der Waals surface area contributed by atoms with Gasteiger partial charge >= 0.3 is 0 Å². The van der Waals surface area contributed by atoms with Crippen molar-refractivity contribution in [1.82, 2.24) is 0 Å².